The normalized spacial score (nSPS) is 11.7. The molecule has 5 nitrogen and oxygen atoms in total. The lowest BCUT2D eigenvalue weighted by Crippen LogP contribution is -2.01. The van der Waals surface area contributed by atoms with Crippen LogP contribution in [0.5, 0.6) is 0 Å². The van der Waals surface area contributed by atoms with E-state index in [9.17, 15) is 0 Å². The van der Waals surface area contributed by atoms with Gasteiger partial charge in [-0.3, -0.25) is 0 Å². The lowest BCUT2D eigenvalue weighted by molar-refractivity contribution is 1.07. The lowest BCUT2D eigenvalue weighted by Gasteiger charge is -2.13. The van der Waals surface area contributed by atoms with Crippen molar-refractivity contribution in [2.24, 2.45) is 0 Å². The second kappa shape index (κ2) is 12.1. The number of hydrogen-bond donors (Lipinski definition) is 0. The molecule has 0 unspecified atom stereocenters. The highest BCUT2D eigenvalue weighted by Crippen LogP contribution is 2.44. The highest BCUT2D eigenvalue weighted by Gasteiger charge is 2.22. The van der Waals surface area contributed by atoms with Gasteiger partial charge in [-0.05, 0) is 47.9 Å². The summed E-state index contributed by atoms with van der Waals surface area (Å²) in [5, 5.41) is 7.34. The van der Waals surface area contributed by atoms with Crippen molar-refractivity contribution in [2.45, 2.75) is 0 Å². The Morgan fingerprint density at radius 1 is 0.315 bits per heavy atom. The lowest BCUT2D eigenvalue weighted by atomic mass is 10.0. The minimum absolute atomic E-state index is 0.628. The van der Waals surface area contributed by atoms with Crippen molar-refractivity contribution in [3.8, 4) is 45.5 Å². The first-order chi connectivity index (χ1) is 26.8. The quantitative estimate of drug-likeness (QED) is 0.181. The molecule has 5 heteroatoms. The fourth-order valence-corrected chi connectivity index (χ4v) is 8.17. The Morgan fingerprint density at radius 2 is 0.833 bits per heavy atom. The predicted octanol–water partition coefficient (Wildman–Crippen LogP) is 12.2. The van der Waals surface area contributed by atoms with Gasteiger partial charge in [0, 0.05) is 55.0 Å². The van der Waals surface area contributed by atoms with Gasteiger partial charge in [0.2, 0.25) is 0 Å². The Kier molecular flexibility index (Phi) is 6.79. The van der Waals surface area contributed by atoms with E-state index in [0.29, 0.717) is 17.5 Å². The SMILES string of the molecule is c1ccc(-c2nc(-c3ccccc3)nc(-c3cccc(-n4c5ccc6c(c7ccccc7n6-c6ccccc6)c5c5ccc6ccccc6c54)c3)n2)cc1. The van der Waals surface area contributed by atoms with Gasteiger partial charge in [0.1, 0.15) is 0 Å². The Labute approximate surface area is 311 Å². The molecular formula is C49H31N5. The van der Waals surface area contributed by atoms with Crippen LogP contribution in [0.15, 0.2) is 188 Å². The maximum Gasteiger partial charge on any atom is 0.164 e. The summed E-state index contributed by atoms with van der Waals surface area (Å²) < 4.78 is 4.83. The maximum absolute atomic E-state index is 5.07. The summed E-state index contributed by atoms with van der Waals surface area (Å²) in [4.78, 5) is 15.1. The third-order valence-corrected chi connectivity index (χ3v) is 10.5. The van der Waals surface area contributed by atoms with E-state index in [0.717, 1.165) is 33.6 Å². The molecule has 0 N–H and O–H groups in total. The fourth-order valence-electron chi connectivity index (χ4n) is 8.17. The number of benzene rings is 8. The summed E-state index contributed by atoms with van der Waals surface area (Å²) in [7, 11) is 0. The number of hydrogen-bond acceptors (Lipinski definition) is 3. The number of para-hydroxylation sites is 2. The van der Waals surface area contributed by atoms with Crippen LogP contribution in [0, 0.1) is 0 Å². The molecule has 0 spiro atoms. The monoisotopic (exact) mass is 689 g/mol. The van der Waals surface area contributed by atoms with Crippen molar-refractivity contribution in [1.82, 2.24) is 24.1 Å². The molecule has 3 aromatic heterocycles. The van der Waals surface area contributed by atoms with E-state index >= 15 is 0 Å². The molecule has 8 aromatic carbocycles. The van der Waals surface area contributed by atoms with E-state index in [-0.39, 0.29) is 0 Å². The largest absolute Gasteiger partial charge is 0.309 e. The van der Waals surface area contributed by atoms with Gasteiger partial charge in [-0.15, -0.1) is 0 Å². The topological polar surface area (TPSA) is 48.5 Å². The molecule has 252 valence electrons. The molecule has 0 aliphatic heterocycles. The third-order valence-electron chi connectivity index (χ3n) is 10.5. The first-order valence-electron chi connectivity index (χ1n) is 18.2. The van der Waals surface area contributed by atoms with E-state index in [1.54, 1.807) is 0 Å². The molecule has 3 heterocycles. The summed E-state index contributed by atoms with van der Waals surface area (Å²) in [6.07, 6.45) is 0. The van der Waals surface area contributed by atoms with Gasteiger partial charge in [-0.25, -0.2) is 15.0 Å². The zero-order chi connectivity index (χ0) is 35.6. The third kappa shape index (κ3) is 4.69. The summed E-state index contributed by atoms with van der Waals surface area (Å²) in [5.41, 5.74) is 9.69. The van der Waals surface area contributed by atoms with Gasteiger partial charge in [0.15, 0.2) is 17.5 Å². The number of rotatable bonds is 5. The molecule has 0 amide bonds. The summed E-state index contributed by atoms with van der Waals surface area (Å²) in [6.45, 7) is 0. The van der Waals surface area contributed by atoms with Crippen LogP contribution >= 0.6 is 0 Å². The standard InChI is InChI=1S/C49H31N5/c1-4-16-33(17-5-1)47-50-48(34-18-6-2-7-19-34)52-49(51-47)35-20-14-23-37(31-35)54-43-30-29-42-44(45(43)40-28-27-32-15-10-11-24-38(32)46(40)54)39-25-12-13-26-41(39)53(42)36-21-8-3-9-22-36/h1-31H. The molecule has 0 aliphatic rings. The van der Waals surface area contributed by atoms with Crippen LogP contribution < -0.4 is 0 Å². The van der Waals surface area contributed by atoms with Crippen LogP contribution in [0.4, 0.5) is 0 Å². The van der Waals surface area contributed by atoms with Crippen LogP contribution in [0.1, 0.15) is 0 Å². The summed E-state index contributed by atoms with van der Waals surface area (Å²) >= 11 is 0. The van der Waals surface area contributed by atoms with E-state index in [1.165, 1.54) is 48.9 Å². The molecule has 11 rings (SSSR count). The van der Waals surface area contributed by atoms with E-state index < -0.39 is 0 Å². The van der Waals surface area contributed by atoms with Crippen LogP contribution in [0.3, 0.4) is 0 Å². The zero-order valence-electron chi connectivity index (χ0n) is 29.1. The van der Waals surface area contributed by atoms with Gasteiger partial charge in [-0.1, -0.05) is 146 Å². The Hall–Kier alpha value is -7.37. The van der Waals surface area contributed by atoms with E-state index in [2.05, 4.69) is 137 Å². The molecule has 0 radical (unpaired) electrons. The molecule has 0 fully saturated rings. The highest BCUT2D eigenvalue weighted by atomic mass is 15.0. The molecule has 0 bridgehead atoms. The van der Waals surface area contributed by atoms with E-state index in [4.69, 9.17) is 15.0 Å². The number of nitrogens with zero attached hydrogens (tertiary/aromatic N) is 5. The van der Waals surface area contributed by atoms with Crippen molar-refractivity contribution < 1.29 is 0 Å². The van der Waals surface area contributed by atoms with Crippen molar-refractivity contribution in [2.75, 3.05) is 0 Å². The van der Waals surface area contributed by atoms with Crippen LogP contribution in [0.2, 0.25) is 0 Å². The van der Waals surface area contributed by atoms with Crippen molar-refractivity contribution >= 4 is 54.4 Å². The van der Waals surface area contributed by atoms with Gasteiger partial charge in [0.05, 0.1) is 22.1 Å². The summed E-state index contributed by atoms with van der Waals surface area (Å²) in [6, 6.07) is 66.2. The van der Waals surface area contributed by atoms with Crippen molar-refractivity contribution in [1.29, 1.82) is 0 Å². The van der Waals surface area contributed by atoms with Crippen molar-refractivity contribution in [3.05, 3.63) is 188 Å². The predicted molar refractivity (Wildman–Crippen MR) is 222 cm³/mol. The van der Waals surface area contributed by atoms with Gasteiger partial charge < -0.3 is 9.13 Å². The molecule has 0 atom stereocenters. The van der Waals surface area contributed by atoms with Crippen LogP contribution in [-0.4, -0.2) is 24.1 Å². The first kappa shape index (κ1) is 30.3. The molecule has 54 heavy (non-hydrogen) atoms. The zero-order valence-corrected chi connectivity index (χ0v) is 29.1. The van der Waals surface area contributed by atoms with Gasteiger partial charge in [-0.2, -0.15) is 0 Å². The van der Waals surface area contributed by atoms with Gasteiger partial charge in [0.25, 0.3) is 0 Å². The first-order valence-corrected chi connectivity index (χ1v) is 18.2. The minimum atomic E-state index is 0.628. The van der Waals surface area contributed by atoms with Crippen LogP contribution in [0.25, 0.3) is 99.9 Å². The molecule has 0 aliphatic carbocycles. The number of fused-ring (bicyclic) bond motifs is 9. The average molecular weight is 690 g/mol. The molecule has 0 saturated carbocycles. The Morgan fingerprint density at radius 3 is 1.54 bits per heavy atom. The number of aromatic nitrogens is 5. The van der Waals surface area contributed by atoms with Gasteiger partial charge >= 0.3 is 0 Å². The maximum atomic E-state index is 5.07. The minimum Gasteiger partial charge on any atom is -0.309 e. The van der Waals surface area contributed by atoms with E-state index in [1.807, 2.05) is 60.7 Å². The molecule has 0 saturated heterocycles. The second-order valence-electron chi connectivity index (χ2n) is 13.6. The Balaban J connectivity index is 1.21. The fraction of sp³-hybridized carbons (Fsp3) is 0. The highest BCUT2D eigenvalue weighted by molar-refractivity contribution is 6.31. The Bertz CT molecular complexity index is 3140. The molecular weight excluding hydrogens is 659 g/mol. The average Bonchev–Trinajstić information content (AvgIpc) is 3.78. The van der Waals surface area contributed by atoms with Crippen molar-refractivity contribution in [3.63, 3.8) is 0 Å². The molecule has 11 aromatic rings. The van der Waals surface area contributed by atoms with Crippen LogP contribution in [-0.2, 0) is 0 Å². The second-order valence-corrected chi connectivity index (χ2v) is 13.6. The smallest absolute Gasteiger partial charge is 0.164 e. The summed E-state index contributed by atoms with van der Waals surface area (Å²) in [5.74, 6) is 1.92.